The van der Waals surface area contributed by atoms with Gasteiger partial charge in [-0.3, -0.25) is 9.59 Å². The third-order valence-electron chi connectivity index (χ3n) is 8.20. The molecule has 6 rings (SSSR count). The first kappa shape index (κ1) is 29.7. The summed E-state index contributed by atoms with van der Waals surface area (Å²) >= 11 is 0. The Bertz CT molecular complexity index is 2070. The number of rotatable bonds is 6. The second kappa shape index (κ2) is 11.3. The first-order chi connectivity index (χ1) is 21.5. The molecule has 0 amide bonds. The predicted octanol–water partition coefficient (Wildman–Crippen LogP) is 6.26. The number of carbonyl (C=O) groups excluding carboxylic acids is 2. The fraction of sp³-hybridized carbons (Fsp3) is 0.250. The van der Waals surface area contributed by atoms with Gasteiger partial charge in [-0.15, -0.1) is 0 Å². The Hall–Kier alpha value is -5.31. The van der Waals surface area contributed by atoms with Crippen LogP contribution in [0.3, 0.4) is 0 Å². The molecule has 2 atom stereocenters. The lowest BCUT2D eigenvalue weighted by atomic mass is 9.86. The summed E-state index contributed by atoms with van der Waals surface area (Å²) in [5.74, 6) is 0.121. The van der Waals surface area contributed by atoms with E-state index in [0.29, 0.717) is 44.6 Å². The molecule has 2 unspecified atom stereocenters. The van der Waals surface area contributed by atoms with Crippen LogP contribution in [0.15, 0.2) is 77.6 Å². The SMILES string of the molecule is COc1ccc(/C=C/C(=O)OC2C(OC(C)=O)c3c(cc(OC)c4c(=O)c5cc6ccccc6cc5n(C)c34)OC2(C)C)cc1. The van der Waals surface area contributed by atoms with Crippen molar-refractivity contribution >= 4 is 50.6 Å². The Morgan fingerprint density at radius 2 is 1.62 bits per heavy atom. The van der Waals surface area contributed by atoms with Gasteiger partial charge in [0.25, 0.3) is 0 Å². The number of methoxy groups -OCH3 is 2. The van der Waals surface area contributed by atoms with Gasteiger partial charge in [-0.05, 0) is 60.5 Å². The summed E-state index contributed by atoms with van der Waals surface area (Å²) in [4.78, 5) is 40.0. The van der Waals surface area contributed by atoms with E-state index in [9.17, 15) is 14.4 Å². The predicted molar refractivity (Wildman–Crippen MR) is 172 cm³/mol. The Kier molecular flexibility index (Phi) is 7.48. The molecule has 0 saturated carbocycles. The summed E-state index contributed by atoms with van der Waals surface area (Å²) in [6, 6.07) is 20.4. The van der Waals surface area contributed by atoms with Crippen LogP contribution < -0.4 is 19.6 Å². The second-order valence-electron chi connectivity index (χ2n) is 11.5. The molecule has 0 spiro atoms. The maximum atomic E-state index is 14.2. The molecule has 4 aromatic carbocycles. The van der Waals surface area contributed by atoms with E-state index in [-0.39, 0.29) is 5.43 Å². The molecule has 1 aliphatic heterocycles. The van der Waals surface area contributed by atoms with Crippen LogP contribution in [0.1, 0.15) is 38.0 Å². The van der Waals surface area contributed by atoms with E-state index in [1.54, 1.807) is 45.2 Å². The topological polar surface area (TPSA) is 102 Å². The highest BCUT2D eigenvalue weighted by Crippen LogP contribution is 2.49. The van der Waals surface area contributed by atoms with Crippen LogP contribution in [0.25, 0.3) is 38.7 Å². The van der Waals surface area contributed by atoms with Crippen LogP contribution in [-0.2, 0) is 26.1 Å². The number of hydrogen-bond donors (Lipinski definition) is 0. The smallest absolute Gasteiger partial charge is 0.331 e. The molecule has 9 heteroatoms. The van der Waals surface area contributed by atoms with Crippen LogP contribution in [0.4, 0.5) is 0 Å². The average molecular weight is 608 g/mol. The minimum atomic E-state index is -1.14. The highest BCUT2D eigenvalue weighted by Gasteiger charge is 2.50. The number of esters is 2. The minimum Gasteiger partial charge on any atom is -0.497 e. The zero-order valence-corrected chi connectivity index (χ0v) is 25.9. The molecule has 0 aliphatic carbocycles. The fourth-order valence-corrected chi connectivity index (χ4v) is 6.07. The van der Waals surface area contributed by atoms with Crippen molar-refractivity contribution in [1.29, 1.82) is 0 Å². The van der Waals surface area contributed by atoms with Crippen molar-refractivity contribution in [2.24, 2.45) is 7.05 Å². The molecular weight excluding hydrogens is 574 g/mol. The van der Waals surface area contributed by atoms with Crippen molar-refractivity contribution in [3.05, 3.63) is 94.2 Å². The first-order valence-corrected chi connectivity index (χ1v) is 14.5. The van der Waals surface area contributed by atoms with Crippen molar-refractivity contribution in [3.63, 3.8) is 0 Å². The van der Waals surface area contributed by atoms with Crippen molar-refractivity contribution in [2.45, 2.75) is 38.6 Å². The van der Waals surface area contributed by atoms with E-state index in [0.717, 1.165) is 16.3 Å². The molecule has 2 heterocycles. The molecule has 1 aliphatic rings. The minimum absolute atomic E-state index is 0.245. The van der Waals surface area contributed by atoms with Gasteiger partial charge in [0.2, 0.25) is 5.43 Å². The molecule has 45 heavy (non-hydrogen) atoms. The number of carbonyl (C=O) groups is 2. The second-order valence-corrected chi connectivity index (χ2v) is 11.5. The van der Waals surface area contributed by atoms with Gasteiger partial charge in [0.05, 0.1) is 36.2 Å². The Labute approximate surface area is 259 Å². The first-order valence-electron chi connectivity index (χ1n) is 14.5. The number of hydrogen-bond acceptors (Lipinski definition) is 8. The van der Waals surface area contributed by atoms with E-state index in [2.05, 4.69) is 0 Å². The Morgan fingerprint density at radius 1 is 0.933 bits per heavy atom. The molecule has 230 valence electrons. The van der Waals surface area contributed by atoms with Gasteiger partial charge in [0.1, 0.15) is 22.8 Å². The van der Waals surface area contributed by atoms with Gasteiger partial charge in [-0.25, -0.2) is 4.79 Å². The normalized spacial score (nSPS) is 17.2. The molecule has 0 saturated heterocycles. The maximum Gasteiger partial charge on any atom is 0.331 e. The van der Waals surface area contributed by atoms with Crippen molar-refractivity contribution in [2.75, 3.05) is 14.2 Å². The van der Waals surface area contributed by atoms with E-state index < -0.39 is 29.7 Å². The van der Waals surface area contributed by atoms with Gasteiger partial charge < -0.3 is 28.3 Å². The van der Waals surface area contributed by atoms with E-state index in [1.807, 2.05) is 60.1 Å². The van der Waals surface area contributed by atoms with Gasteiger partial charge in [-0.1, -0.05) is 36.4 Å². The van der Waals surface area contributed by atoms with Crippen LogP contribution >= 0.6 is 0 Å². The summed E-state index contributed by atoms with van der Waals surface area (Å²) in [7, 11) is 4.90. The monoisotopic (exact) mass is 607 g/mol. The van der Waals surface area contributed by atoms with Crippen LogP contribution in [0.5, 0.6) is 17.2 Å². The third kappa shape index (κ3) is 5.24. The number of pyridine rings is 1. The van der Waals surface area contributed by atoms with Crippen LogP contribution in [-0.4, -0.2) is 42.4 Å². The zero-order valence-electron chi connectivity index (χ0n) is 25.9. The quantitative estimate of drug-likeness (QED) is 0.127. The number of ether oxygens (including phenoxy) is 5. The molecule has 0 fully saturated rings. The fourth-order valence-electron chi connectivity index (χ4n) is 6.07. The summed E-state index contributed by atoms with van der Waals surface area (Å²) < 4.78 is 31.2. The number of benzene rings is 4. The molecular formula is C36H33NO8. The number of aryl methyl sites for hydroxylation is 1. The average Bonchev–Trinajstić information content (AvgIpc) is 3.02. The molecule has 0 N–H and O–H groups in total. The molecule has 0 bridgehead atoms. The van der Waals surface area contributed by atoms with Gasteiger partial charge in [-0.2, -0.15) is 0 Å². The lowest BCUT2D eigenvalue weighted by molar-refractivity contribution is -0.185. The number of nitrogens with zero attached hydrogens (tertiary/aromatic N) is 1. The lowest BCUT2D eigenvalue weighted by Gasteiger charge is -2.43. The maximum absolute atomic E-state index is 14.2. The van der Waals surface area contributed by atoms with Crippen molar-refractivity contribution in [1.82, 2.24) is 4.57 Å². The lowest BCUT2D eigenvalue weighted by Crippen LogP contribution is -2.52. The molecule has 1 aromatic heterocycles. The highest BCUT2D eigenvalue weighted by molar-refractivity contribution is 6.04. The molecule has 5 aromatic rings. The zero-order chi connectivity index (χ0) is 32.0. The largest absolute Gasteiger partial charge is 0.497 e. The summed E-state index contributed by atoms with van der Waals surface area (Å²) in [5.41, 5.74) is 0.915. The third-order valence-corrected chi connectivity index (χ3v) is 8.20. The van der Waals surface area contributed by atoms with Crippen molar-refractivity contribution < 1.29 is 33.3 Å². The summed E-state index contributed by atoms with van der Waals surface area (Å²) in [6.07, 6.45) is 0.754. The standard InChI is InChI=1S/C36H33NO8/c1-20(38)43-34-31-28(45-36(2,3)35(34)44-29(39)16-13-21-11-14-24(41-5)15-12-21)19-27(42-6)30-32(31)37(4)26-18-23-10-8-7-9-22(23)17-25(26)33(30)40/h7-19,34-35H,1-6H3/b16-13+. The van der Waals surface area contributed by atoms with Gasteiger partial charge in [0, 0.05) is 31.5 Å². The Balaban J connectivity index is 1.54. The number of fused-ring (bicyclic) bond motifs is 5. The van der Waals surface area contributed by atoms with E-state index in [1.165, 1.54) is 20.1 Å². The molecule has 0 radical (unpaired) electrons. The van der Waals surface area contributed by atoms with Gasteiger partial charge in [0.15, 0.2) is 12.2 Å². The molecule has 9 nitrogen and oxygen atoms in total. The number of aromatic nitrogens is 1. The van der Waals surface area contributed by atoms with Crippen molar-refractivity contribution in [3.8, 4) is 17.2 Å². The van der Waals surface area contributed by atoms with Crippen LogP contribution in [0.2, 0.25) is 0 Å². The van der Waals surface area contributed by atoms with E-state index in [4.69, 9.17) is 23.7 Å². The summed E-state index contributed by atoms with van der Waals surface area (Å²) in [6.45, 7) is 4.79. The highest BCUT2D eigenvalue weighted by atomic mass is 16.6. The van der Waals surface area contributed by atoms with E-state index >= 15 is 0 Å². The Morgan fingerprint density at radius 3 is 2.27 bits per heavy atom. The summed E-state index contributed by atoms with van der Waals surface area (Å²) in [5, 5.41) is 2.69. The van der Waals surface area contributed by atoms with Crippen LogP contribution in [0, 0.1) is 0 Å². The van der Waals surface area contributed by atoms with Gasteiger partial charge >= 0.3 is 11.9 Å².